The Balaban J connectivity index is 2.36. The summed E-state index contributed by atoms with van der Waals surface area (Å²) in [5.74, 6) is -0.682. The molecule has 1 aromatic rings. The summed E-state index contributed by atoms with van der Waals surface area (Å²) in [4.78, 5) is 23.7. The minimum Gasteiger partial charge on any atom is -0.461 e. The standard InChI is InChI=1S/C17H25NO4/c1-17(2,3)22-16(20)14(18-4)10-11-15(19)21-12-13-8-6-5-7-9-13/h5-9,14,18H,10-12H2,1-4H3. The highest BCUT2D eigenvalue weighted by Crippen LogP contribution is 2.11. The summed E-state index contributed by atoms with van der Waals surface area (Å²) in [5.41, 5.74) is 0.396. The third kappa shape index (κ3) is 7.22. The molecule has 22 heavy (non-hydrogen) atoms. The molecule has 0 aliphatic rings. The first-order chi connectivity index (χ1) is 10.3. The lowest BCUT2D eigenvalue weighted by atomic mass is 10.1. The molecule has 0 aliphatic heterocycles. The SMILES string of the molecule is CNC(CCC(=O)OCc1ccccc1)C(=O)OC(C)(C)C. The lowest BCUT2D eigenvalue weighted by Crippen LogP contribution is -2.39. The maximum Gasteiger partial charge on any atom is 0.323 e. The molecule has 1 rings (SSSR count). The first-order valence-electron chi connectivity index (χ1n) is 7.41. The minimum atomic E-state index is -0.542. The number of carbonyl (C=O) groups excluding carboxylic acids is 2. The first-order valence-corrected chi connectivity index (χ1v) is 7.41. The number of hydrogen-bond acceptors (Lipinski definition) is 5. The average molecular weight is 307 g/mol. The van der Waals surface area contributed by atoms with Crippen LogP contribution >= 0.6 is 0 Å². The van der Waals surface area contributed by atoms with Crippen molar-refractivity contribution >= 4 is 11.9 Å². The molecule has 0 aliphatic carbocycles. The molecule has 0 radical (unpaired) electrons. The lowest BCUT2D eigenvalue weighted by molar-refractivity contribution is -0.157. The Morgan fingerprint density at radius 2 is 1.82 bits per heavy atom. The summed E-state index contributed by atoms with van der Waals surface area (Å²) >= 11 is 0. The van der Waals surface area contributed by atoms with Gasteiger partial charge in [-0.15, -0.1) is 0 Å². The Labute approximate surface area is 132 Å². The topological polar surface area (TPSA) is 64.6 Å². The fourth-order valence-electron chi connectivity index (χ4n) is 1.83. The predicted octanol–water partition coefficient (Wildman–Crippen LogP) is 2.44. The van der Waals surface area contributed by atoms with Crippen LogP contribution in [0.3, 0.4) is 0 Å². The largest absolute Gasteiger partial charge is 0.461 e. The highest BCUT2D eigenvalue weighted by Gasteiger charge is 2.24. The summed E-state index contributed by atoms with van der Waals surface area (Å²) in [6, 6.07) is 8.97. The van der Waals surface area contributed by atoms with Gasteiger partial charge in [-0.2, -0.15) is 0 Å². The summed E-state index contributed by atoms with van der Waals surface area (Å²) in [5, 5.41) is 2.87. The molecule has 122 valence electrons. The van der Waals surface area contributed by atoms with Crippen molar-refractivity contribution in [3.8, 4) is 0 Å². The third-order valence-corrected chi connectivity index (χ3v) is 2.92. The fraction of sp³-hybridized carbons (Fsp3) is 0.529. The second-order valence-electron chi connectivity index (χ2n) is 6.06. The van der Waals surface area contributed by atoms with Gasteiger partial charge in [0.05, 0.1) is 0 Å². The van der Waals surface area contributed by atoms with Gasteiger partial charge in [0, 0.05) is 6.42 Å². The molecule has 5 nitrogen and oxygen atoms in total. The van der Waals surface area contributed by atoms with Crippen LogP contribution in [-0.4, -0.2) is 30.6 Å². The van der Waals surface area contributed by atoms with E-state index < -0.39 is 11.6 Å². The summed E-state index contributed by atoms with van der Waals surface area (Å²) < 4.78 is 10.5. The fourth-order valence-corrected chi connectivity index (χ4v) is 1.83. The van der Waals surface area contributed by atoms with Crippen LogP contribution in [0.15, 0.2) is 30.3 Å². The van der Waals surface area contributed by atoms with Crippen molar-refractivity contribution in [3.63, 3.8) is 0 Å². The molecule has 0 saturated heterocycles. The van der Waals surface area contributed by atoms with Crippen LogP contribution < -0.4 is 5.32 Å². The molecule has 1 aromatic carbocycles. The zero-order chi connectivity index (χ0) is 16.6. The maximum absolute atomic E-state index is 11.9. The number of nitrogens with one attached hydrogen (secondary N) is 1. The van der Waals surface area contributed by atoms with Gasteiger partial charge in [-0.1, -0.05) is 30.3 Å². The number of likely N-dealkylation sites (N-methyl/N-ethyl adjacent to an activating group) is 1. The van der Waals surface area contributed by atoms with E-state index in [2.05, 4.69) is 5.32 Å². The number of rotatable bonds is 7. The quantitative estimate of drug-likeness (QED) is 0.784. The van der Waals surface area contributed by atoms with E-state index in [1.54, 1.807) is 7.05 Å². The molecule has 0 bridgehead atoms. The number of hydrogen-bond donors (Lipinski definition) is 1. The monoisotopic (exact) mass is 307 g/mol. The summed E-state index contributed by atoms with van der Waals surface area (Å²) in [7, 11) is 1.67. The van der Waals surface area contributed by atoms with Crippen LogP contribution in [-0.2, 0) is 25.7 Å². The van der Waals surface area contributed by atoms with Gasteiger partial charge in [-0.25, -0.2) is 0 Å². The average Bonchev–Trinajstić information content (AvgIpc) is 2.45. The van der Waals surface area contributed by atoms with Crippen molar-refractivity contribution < 1.29 is 19.1 Å². The van der Waals surface area contributed by atoms with Crippen LogP contribution in [0.5, 0.6) is 0 Å². The normalized spacial score (nSPS) is 12.5. The molecule has 0 fully saturated rings. The zero-order valence-electron chi connectivity index (χ0n) is 13.7. The van der Waals surface area contributed by atoms with Crippen LogP contribution in [0.1, 0.15) is 39.2 Å². The minimum absolute atomic E-state index is 0.164. The second kappa shape index (κ2) is 8.54. The molecule has 0 heterocycles. The van der Waals surface area contributed by atoms with E-state index in [9.17, 15) is 9.59 Å². The zero-order valence-corrected chi connectivity index (χ0v) is 13.7. The highest BCUT2D eigenvalue weighted by atomic mass is 16.6. The third-order valence-electron chi connectivity index (χ3n) is 2.92. The number of ether oxygens (including phenoxy) is 2. The van der Waals surface area contributed by atoms with Gasteiger partial charge in [0.2, 0.25) is 0 Å². The molecule has 0 saturated carbocycles. The van der Waals surface area contributed by atoms with Crippen LogP contribution in [0.2, 0.25) is 0 Å². The Hall–Kier alpha value is -1.88. The van der Waals surface area contributed by atoms with Gasteiger partial charge in [0.15, 0.2) is 0 Å². The summed E-state index contributed by atoms with van der Waals surface area (Å²) in [6.45, 7) is 5.68. The second-order valence-corrected chi connectivity index (χ2v) is 6.06. The Bertz CT molecular complexity index is 479. The van der Waals surface area contributed by atoms with Gasteiger partial charge in [-0.05, 0) is 39.8 Å². The molecule has 1 N–H and O–H groups in total. The first kappa shape index (κ1) is 18.2. The van der Waals surface area contributed by atoms with Crippen molar-refractivity contribution in [1.82, 2.24) is 5.32 Å². The van der Waals surface area contributed by atoms with E-state index in [0.717, 1.165) is 5.56 Å². The number of benzene rings is 1. The Morgan fingerprint density at radius 3 is 2.36 bits per heavy atom. The smallest absolute Gasteiger partial charge is 0.323 e. The van der Waals surface area contributed by atoms with Gasteiger partial charge in [0.1, 0.15) is 18.2 Å². The Kier molecular flexibility index (Phi) is 7.05. The number of esters is 2. The van der Waals surface area contributed by atoms with Gasteiger partial charge >= 0.3 is 11.9 Å². The van der Waals surface area contributed by atoms with Crippen molar-refractivity contribution in [2.24, 2.45) is 0 Å². The van der Waals surface area contributed by atoms with E-state index in [1.165, 1.54) is 0 Å². The van der Waals surface area contributed by atoms with E-state index in [0.29, 0.717) is 6.42 Å². The van der Waals surface area contributed by atoms with Crippen molar-refractivity contribution in [2.45, 2.75) is 51.9 Å². The molecule has 0 amide bonds. The molecular weight excluding hydrogens is 282 g/mol. The van der Waals surface area contributed by atoms with Crippen molar-refractivity contribution in [2.75, 3.05) is 7.05 Å². The van der Waals surface area contributed by atoms with Crippen molar-refractivity contribution in [1.29, 1.82) is 0 Å². The predicted molar refractivity (Wildman–Crippen MR) is 84.2 cm³/mol. The maximum atomic E-state index is 11.9. The molecule has 0 spiro atoms. The molecule has 1 unspecified atom stereocenters. The molecule has 1 atom stereocenters. The van der Waals surface area contributed by atoms with E-state index in [4.69, 9.17) is 9.47 Å². The van der Waals surface area contributed by atoms with Crippen LogP contribution in [0, 0.1) is 0 Å². The van der Waals surface area contributed by atoms with Crippen LogP contribution in [0.4, 0.5) is 0 Å². The molecular formula is C17H25NO4. The highest BCUT2D eigenvalue weighted by molar-refractivity contribution is 5.77. The summed E-state index contributed by atoms with van der Waals surface area (Å²) in [6.07, 6.45) is 0.511. The van der Waals surface area contributed by atoms with Gasteiger partial charge in [-0.3, -0.25) is 9.59 Å². The lowest BCUT2D eigenvalue weighted by Gasteiger charge is -2.23. The van der Waals surface area contributed by atoms with Gasteiger partial charge in [0.25, 0.3) is 0 Å². The van der Waals surface area contributed by atoms with E-state index >= 15 is 0 Å². The van der Waals surface area contributed by atoms with E-state index in [-0.39, 0.29) is 25.0 Å². The molecule has 5 heteroatoms. The van der Waals surface area contributed by atoms with Crippen LogP contribution in [0.25, 0.3) is 0 Å². The van der Waals surface area contributed by atoms with Gasteiger partial charge < -0.3 is 14.8 Å². The molecule has 0 aromatic heterocycles. The van der Waals surface area contributed by atoms with E-state index in [1.807, 2.05) is 51.1 Å². The number of carbonyl (C=O) groups is 2. The van der Waals surface area contributed by atoms with Crippen molar-refractivity contribution in [3.05, 3.63) is 35.9 Å². The Morgan fingerprint density at radius 1 is 1.18 bits per heavy atom.